The first-order valence-corrected chi connectivity index (χ1v) is 6.47. The lowest BCUT2D eigenvalue weighted by Gasteiger charge is -2.10. The fourth-order valence-corrected chi connectivity index (χ4v) is 2.60. The van der Waals surface area contributed by atoms with Gasteiger partial charge in [0.05, 0.1) is 11.5 Å². The third kappa shape index (κ3) is 2.52. The molecule has 18 heavy (non-hydrogen) atoms. The Balaban J connectivity index is 2.63. The molecule has 0 N–H and O–H groups in total. The van der Waals surface area contributed by atoms with E-state index in [0.717, 1.165) is 17.1 Å². The number of pyridine rings is 1. The van der Waals surface area contributed by atoms with E-state index in [1.165, 1.54) is 10.6 Å². The number of nitrogens with zero attached hydrogens (tertiary/aromatic N) is 1. The molecular weight excluding hydrogens is 274 g/mol. The van der Waals surface area contributed by atoms with Crippen molar-refractivity contribution in [3.8, 4) is 0 Å². The summed E-state index contributed by atoms with van der Waals surface area (Å²) in [4.78, 5) is 22.9. The second-order valence-electron chi connectivity index (χ2n) is 3.73. The zero-order valence-electron chi connectivity index (χ0n) is 9.47. The summed E-state index contributed by atoms with van der Waals surface area (Å²) in [7, 11) is 1.65. The zero-order valence-corrected chi connectivity index (χ0v) is 11.0. The molecule has 1 aromatic carbocycles. The molecule has 0 aliphatic rings. The number of carboxylic acid groups (broad SMARTS) is 1. The molecule has 0 radical (unpaired) electrons. The van der Waals surface area contributed by atoms with Crippen LogP contribution in [0.1, 0.15) is 0 Å². The smallest absolute Gasteiger partial charge is 0.251 e. The van der Waals surface area contributed by atoms with E-state index in [2.05, 4.69) is 0 Å². The summed E-state index contributed by atoms with van der Waals surface area (Å²) >= 11 is 6.96. The number of carboxylic acids is 1. The molecule has 1 aromatic heterocycles. The monoisotopic (exact) mass is 282 g/mol. The Kier molecular flexibility index (Phi) is 3.63. The molecule has 2 rings (SSSR count). The first-order chi connectivity index (χ1) is 8.49. The highest BCUT2D eigenvalue weighted by Crippen LogP contribution is 2.27. The minimum Gasteiger partial charge on any atom is -0.549 e. The Morgan fingerprint density at radius 2 is 2.17 bits per heavy atom. The van der Waals surface area contributed by atoms with Crippen LogP contribution in [0.2, 0.25) is 5.02 Å². The normalized spacial score (nSPS) is 10.8. The number of fused-ring (bicyclic) bond motifs is 1. The van der Waals surface area contributed by atoms with Crippen molar-refractivity contribution in [2.24, 2.45) is 7.05 Å². The predicted octanol–water partition coefficient (Wildman–Crippen LogP) is 1.03. The summed E-state index contributed by atoms with van der Waals surface area (Å²) in [5.41, 5.74) is 0.474. The maximum atomic E-state index is 11.8. The minimum absolute atomic E-state index is 0.190. The molecule has 94 valence electrons. The number of hydrogen-bond acceptors (Lipinski definition) is 4. The van der Waals surface area contributed by atoms with E-state index in [-0.39, 0.29) is 11.3 Å². The van der Waals surface area contributed by atoms with Crippen LogP contribution in [0.15, 0.2) is 34.0 Å². The highest BCUT2D eigenvalue weighted by molar-refractivity contribution is 8.00. The van der Waals surface area contributed by atoms with Crippen LogP contribution in [-0.2, 0) is 11.8 Å². The number of aryl methyl sites for hydroxylation is 1. The molecule has 0 bridgehead atoms. The van der Waals surface area contributed by atoms with Crippen molar-refractivity contribution in [3.63, 3.8) is 0 Å². The molecule has 4 nitrogen and oxygen atoms in total. The molecule has 0 atom stereocenters. The Labute approximate surface area is 112 Å². The van der Waals surface area contributed by atoms with Crippen LogP contribution in [0.5, 0.6) is 0 Å². The molecular formula is C12H9ClNO3S-. The van der Waals surface area contributed by atoms with Crippen LogP contribution in [0, 0.1) is 0 Å². The predicted molar refractivity (Wildman–Crippen MR) is 69.9 cm³/mol. The van der Waals surface area contributed by atoms with E-state index in [1.807, 2.05) is 0 Å². The number of hydrogen-bond donors (Lipinski definition) is 0. The molecule has 0 aliphatic heterocycles. The lowest BCUT2D eigenvalue weighted by Crippen LogP contribution is -2.24. The van der Waals surface area contributed by atoms with Crippen LogP contribution < -0.4 is 10.7 Å². The number of aromatic nitrogens is 1. The van der Waals surface area contributed by atoms with Gasteiger partial charge in [-0.1, -0.05) is 17.7 Å². The van der Waals surface area contributed by atoms with Crippen LogP contribution in [0.25, 0.3) is 10.9 Å². The van der Waals surface area contributed by atoms with E-state index in [0.29, 0.717) is 15.4 Å². The summed E-state index contributed by atoms with van der Waals surface area (Å²) < 4.78 is 1.48. The van der Waals surface area contributed by atoms with Gasteiger partial charge < -0.3 is 14.5 Å². The van der Waals surface area contributed by atoms with E-state index < -0.39 is 5.97 Å². The van der Waals surface area contributed by atoms with E-state index in [4.69, 9.17) is 11.6 Å². The molecule has 1 heterocycles. The van der Waals surface area contributed by atoms with Crippen molar-refractivity contribution in [1.29, 1.82) is 0 Å². The largest absolute Gasteiger partial charge is 0.549 e. The van der Waals surface area contributed by atoms with Gasteiger partial charge in [-0.15, -0.1) is 11.8 Å². The van der Waals surface area contributed by atoms with Gasteiger partial charge in [0, 0.05) is 34.2 Å². The Bertz CT molecular complexity index is 681. The van der Waals surface area contributed by atoms with Crippen molar-refractivity contribution in [2.75, 3.05) is 5.75 Å². The van der Waals surface area contributed by atoms with Crippen LogP contribution >= 0.6 is 23.4 Å². The molecule has 2 aromatic rings. The number of rotatable bonds is 3. The van der Waals surface area contributed by atoms with E-state index >= 15 is 0 Å². The second kappa shape index (κ2) is 5.04. The zero-order chi connectivity index (χ0) is 13.3. The Morgan fingerprint density at radius 3 is 2.83 bits per heavy atom. The molecule has 6 heteroatoms. The van der Waals surface area contributed by atoms with Crippen molar-refractivity contribution >= 4 is 40.2 Å². The van der Waals surface area contributed by atoms with E-state index in [9.17, 15) is 14.7 Å². The maximum Gasteiger partial charge on any atom is 0.251 e. The average molecular weight is 283 g/mol. The first kappa shape index (κ1) is 13.0. The molecule has 0 spiro atoms. The number of halogens is 1. The van der Waals surface area contributed by atoms with Gasteiger partial charge in [-0.3, -0.25) is 4.79 Å². The molecule has 0 saturated heterocycles. The lowest BCUT2D eigenvalue weighted by atomic mass is 10.2. The molecule has 0 aliphatic carbocycles. The highest BCUT2D eigenvalue weighted by Gasteiger charge is 2.07. The minimum atomic E-state index is -1.16. The summed E-state index contributed by atoms with van der Waals surface area (Å²) in [6.07, 6.45) is 0. The number of carbonyl (C=O) groups is 1. The molecule has 0 unspecified atom stereocenters. The van der Waals surface area contributed by atoms with Gasteiger partial charge in [0.25, 0.3) is 5.56 Å². The molecule has 0 saturated carbocycles. The van der Waals surface area contributed by atoms with Gasteiger partial charge in [-0.25, -0.2) is 0 Å². The highest BCUT2D eigenvalue weighted by atomic mass is 35.5. The van der Waals surface area contributed by atoms with Crippen molar-refractivity contribution in [2.45, 2.75) is 4.90 Å². The van der Waals surface area contributed by atoms with Gasteiger partial charge in [-0.2, -0.15) is 0 Å². The van der Waals surface area contributed by atoms with Gasteiger partial charge >= 0.3 is 0 Å². The third-order valence-electron chi connectivity index (χ3n) is 2.52. The lowest BCUT2D eigenvalue weighted by molar-refractivity contribution is -0.301. The van der Waals surface area contributed by atoms with Gasteiger partial charge in [0.2, 0.25) is 0 Å². The Hall–Kier alpha value is -1.46. The molecule has 0 amide bonds. The quantitative estimate of drug-likeness (QED) is 0.789. The van der Waals surface area contributed by atoms with Crippen molar-refractivity contribution in [3.05, 3.63) is 39.6 Å². The van der Waals surface area contributed by atoms with Gasteiger partial charge in [-0.05, 0) is 12.1 Å². The fourth-order valence-electron chi connectivity index (χ4n) is 1.65. The number of aliphatic carboxylic acids is 1. The SMILES string of the molecule is Cn1c(=O)cc(SCC(=O)[O-])c2ccc(Cl)cc21. The van der Waals surface area contributed by atoms with Crippen LogP contribution in [-0.4, -0.2) is 16.3 Å². The van der Waals surface area contributed by atoms with Crippen LogP contribution in [0.4, 0.5) is 0 Å². The summed E-state index contributed by atoms with van der Waals surface area (Å²) in [6.45, 7) is 0. The number of carbonyl (C=O) groups excluding carboxylic acids is 1. The summed E-state index contributed by atoms with van der Waals surface area (Å²) in [5.74, 6) is -1.35. The van der Waals surface area contributed by atoms with Crippen LogP contribution in [0.3, 0.4) is 0 Å². The molecule has 0 fully saturated rings. The van der Waals surface area contributed by atoms with Gasteiger partial charge in [0.1, 0.15) is 0 Å². The standard InChI is InChI=1S/C12H10ClNO3S/c1-14-9-4-7(13)2-3-8(9)10(5-11(14)15)18-6-12(16)17/h2-5H,6H2,1H3,(H,16,17)/p-1. The third-order valence-corrected chi connectivity index (χ3v) is 3.78. The fraction of sp³-hybridized carbons (Fsp3) is 0.167. The summed E-state index contributed by atoms with van der Waals surface area (Å²) in [6, 6.07) is 6.58. The number of benzene rings is 1. The van der Waals surface area contributed by atoms with Gasteiger partial charge in [0.15, 0.2) is 0 Å². The Morgan fingerprint density at radius 1 is 1.44 bits per heavy atom. The van der Waals surface area contributed by atoms with Crippen molar-refractivity contribution < 1.29 is 9.90 Å². The van der Waals surface area contributed by atoms with E-state index in [1.54, 1.807) is 25.2 Å². The second-order valence-corrected chi connectivity index (χ2v) is 5.18. The first-order valence-electron chi connectivity index (χ1n) is 5.11. The average Bonchev–Trinajstić information content (AvgIpc) is 2.32. The van der Waals surface area contributed by atoms with Crippen molar-refractivity contribution in [1.82, 2.24) is 4.57 Å². The maximum absolute atomic E-state index is 11.8. The summed E-state index contributed by atoms with van der Waals surface area (Å²) in [5, 5.41) is 11.8. The topological polar surface area (TPSA) is 62.1 Å². The number of thioether (sulfide) groups is 1.